The highest BCUT2D eigenvalue weighted by Crippen LogP contribution is 2.14. The topological polar surface area (TPSA) is 46.3 Å². The average Bonchev–Trinajstić information content (AvgIpc) is 2.29. The Morgan fingerprint density at radius 2 is 2.06 bits per heavy atom. The lowest BCUT2D eigenvalue weighted by molar-refractivity contribution is 0.0714. The molecule has 0 unspecified atom stereocenters. The minimum absolute atomic E-state index is 0.130. The van der Waals surface area contributed by atoms with Crippen LogP contribution in [0.5, 0.6) is 0 Å². The van der Waals surface area contributed by atoms with Crippen LogP contribution >= 0.6 is 22.6 Å². The maximum atomic E-state index is 12.1. The van der Waals surface area contributed by atoms with Gasteiger partial charge < -0.3 is 10.6 Å². The van der Waals surface area contributed by atoms with Crippen molar-refractivity contribution < 1.29 is 4.79 Å². The Balaban J connectivity index is 2.08. The van der Waals surface area contributed by atoms with Gasteiger partial charge in [-0.05, 0) is 53.6 Å². The first-order valence-electron chi connectivity index (χ1n) is 5.47. The Hall–Kier alpha value is -0.620. The summed E-state index contributed by atoms with van der Waals surface area (Å²) >= 11 is 2.22. The number of hydrogen-bond acceptors (Lipinski definition) is 2. The summed E-state index contributed by atoms with van der Waals surface area (Å²) in [5.41, 5.74) is 6.60. The molecule has 1 aromatic rings. The molecule has 1 saturated heterocycles. The molecule has 16 heavy (non-hydrogen) atoms. The van der Waals surface area contributed by atoms with Crippen LogP contribution in [-0.4, -0.2) is 29.9 Å². The van der Waals surface area contributed by atoms with Crippen molar-refractivity contribution in [2.24, 2.45) is 5.73 Å². The number of nitrogens with zero attached hydrogens (tertiary/aromatic N) is 1. The molecule has 86 valence electrons. The fourth-order valence-corrected chi connectivity index (χ4v) is 2.45. The van der Waals surface area contributed by atoms with E-state index in [2.05, 4.69) is 22.6 Å². The third-order valence-corrected chi connectivity index (χ3v) is 3.57. The molecule has 1 amide bonds. The monoisotopic (exact) mass is 330 g/mol. The molecule has 1 fully saturated rings. The van der Waals surface area contributed by atoms with E-state index in [1.807, 2.05) is 29.2 Å². The molecule has 0 aliphatic carbocycles. The van der Waals surface area contributed by atoms with E-state index in [4.69, 9.17) is 5.73 Å². The summed E-state index contributed by atoms with van der Waals surface area (Å²) in [5, 5.41) is 0. The number of amides is 1. The van der Waals surface area contributed by atoms with Crippen LogP contribution in [0.2, 0.25) is 0 Å². The second-order valence-electron chi connectivity index (χ2n) is 4.14. The highest BCUT2D eigenvalue weighted by atomic mass is 127. The molecule has 1 aromatic carbocycles. The van der Waals surface area contributed by atoms with E-state index in [1.165, 1.54) is 0 Å². The second kappa shape index (κ2) is 5.14. The third kappa shape index (κ3) is 2.74. The Bertz CT molecular complexity index is 386. The van der Waals surface area contributed by atoms with E-state index >= 15 is 0 Å². The Morgan fingerprint density at radius 3 is 2.69 bits per heavy atom. The van der Waals surface area contributed by atoms with Crippen LogP contribution in [0.25, 0.3) is 0 Å². The molecule has 0 spiro atoms. The molecule has 2 rings (SSSR count). The molecular weight excluding hydrogens is 315 g/mol. The van der Waals surface area contributed by atoms with E-state index in [0.29, 0.717) is 0 Å². The van der Waals surface area contributed by atoms with Gasteiger partial charge in [0.05, 0.1) is 0 Å². The van der Waals surface area contributed by atoms with Gasteiger partial charge in [0, 0.05) is 28.3 Å². The quantitative estimate of drug-likeness (QED) is 0.799. The van der Waals surface area contributed by atoms with E-state index in [-0.39, 0.29) is 11.9 Å². The van der Waals surface area contributed by atoms with Crippen LogP contribution in [0.15, 0.2) is 24.3 Å². The molecule has 3 nitrogen and oxygen atoms in total. The highest BCUT2D eigenvalue weighted by molar-refractivity contribution is 14.1. The fraction of sp³-hybridized carbons (Fsp3) is 0.417. The minimum Gasteiger partial charge on any atom is -0.339 e. The summed E-state index contributed by atoms with van der Waals surface area (Å²) in [5.74, 6) is 0.130. The predicted octanol–water partition coefficient (Wildman–Crippen LogP) is 1.85. The number of benzene rings is 1. The van der Waals surface area contributed by atoms with Gasteiger partial charge in [-0.25, -0.2) is 0 Å². The van der Waals surface area contributed by atoms with Gasteiger partial charge in [0.1, 0.15) is 0 Å². The standard InChI is InChI=1S/C12H15IN2O/c13-10-3-1-2-9(8-10)12(16)15-6-4-11(14)5-7-15/h1-3,8,11H,4-7,14H2. The number of hydrogen-bond donors (Lipinski definition) is 1. The lowest BCUT2D eigenvalue weighted by Crippen LogP contribution is -2.42. The molecule has 0 aromatic heterocycles. The van der Waals surface area contributed by atoms with Crippen molar-refractivity contribution in [1.29, 1.82) is 0 Å². The summed E-state index contributed by atoms with van der Waals surface area (Å²) < 4.78 is 1.09. The first-order valence-corrected chi connectivity index (χ1v) is 6.55. The molecular formula is C12H15IN2O. The van der Waals surface area contributed by atoms with Crippen LogP contribution in [-0.2, 0) is 0 Å². The summed E-state index contributed by atoms with van der Waals surface area (Å²) in [6.45, 7) is 1.57. The number of rotatable bonds is 1. The van der Waals surface area contributed by atoms with Crippen LogP contribution < -0.4 is 5.73 Å². The number of halogens is 1. The molecule has 0 bridgehead atoms. The first-order chi connectivity index (χ1) is 7.66. The predicted molar refractivity (Wildman–Crippen MR) is 72.3 cm³/mol. The SMILES string of the molecule is NC1CCN(C(=O)c2cccc(I)c2)CC1. The number of likely N-dealkylation sites (tertiary alicyclic amines) is 1. The number of piperidine rings is 1. The van der Waals surface area contributed by atoms with Gasteiger partial charge in [-0.15, -0.1) is 0 Å². The van der Waals surface area contributed by atoms with Crippen molar-refractivity contribution in [2.45, 2.75) is 18.9 Å². The average molecular weight is 330 g/mol. The second-order valence-corrected chi connectivity index (χ2v) is 5.39. The maximum Gasteiger partial charge on any atom is 0.253 e. The van der Waals surface area contributed by atoms with Gasteiger partial charge in [0.25, 0.3) is 5.91 Å². The largest absolute Gasteiger partial charge is 0.339 e. The molecule has 2 N–H and O–H groups in total. The van der Waals surface area contributed by atoms with Crippen molar-refractivity contribution in [1.82, 2.24) is 4.90 Å². The van der Waals surface area contributed by atoms with Gasteiger partial charge in [-0.1, -0.05) is 6.07 Å². The van der Waals surface area contributed by atoms with Crippen molar-refractivity contribution in [3.63, 3.8) is 0 Å². The summed E-state index contributed by atoms with van der Waals surface area (Å²) in [6, 6.07) is 7.98. The van der Waals surface area contributed by atoms with Crippen LogP contribution in [0.4, 0.5) is 0 Å². The Kier molecular flexibility index (Phi) is 3.81. The van der Waals surface area contributed by atoms with E-state index in [9.17, 15) is 4.79 Å². The molecule has 0 atom stereocenters. The zero-order valence-electron chi connectivity index (χ0n) is 9.03. The zero-order valence-corrected chi connectivity index (χ0v) is 11.2. The van der Waals surface area contributed by atoms with E-state index < -0.39 is 0 Å². The molecule has 1 aliphatic heterocycles. The lowest BCUT2D eigenvalue weighted by Gasteiger charge is -2.30. The van der Waals surface area contributed by atoms with Gasteiger partial charge in [-0.2, -0.15) is 0 Å². The maximum absolute atomic E-state index is 12.1. The Labute approximate surface area is 109 Å². The molecule has 0 saturated carbocycles. The molecule has 1 heterocycles. The van der Waals surface area contributed by atoms with Gasteiger partial charge >= 0.3 is 0 Å². The van der Waals surface area contributed by atoms with E-state index in [0.717, 1.165) is 35.1 Å². The van der Waals surface area contributed by atoms with Crippen molar-refractivity contribution >= 4 is 28.5 Å². The summed E-state index contributed by atoms with van der Waals surface area (Å²) in [6.07, 6.45) is 1.82. The molecule has 1 aliphatic rings. The zero-order chi connectivity index (χ0) is 11.5. The van der Waals surface area contributed by atoms with E-state index in [1.54, 1.807) is 0 Å². The van der Waals surface area contributed by atoms with Crippen LogP contribution in [0.3, 0.4) is 0 Å². The van der Waals surface area contributed by atoms with Crippen LogP contribution in [0.1, 0.15) is 23.2 Å². The molecule has 0 radical (unpaired) electrons. The van der Waals surface area contributed by atoms with Crippen molar-refractivity contribution in [3.8, 4) is 0 Å². The number of nitrogens with two attached hydrogens (primary N) is 1. The van der Waals surface area contributed by atoms with Gasteiger partial charge in [-0.3, -0.25) is 4.79 Å². The number of carbonyl (C=O) groups excluding carboxylic acids is 1. The van der Waals surface area contributed by atoms with Crippen LogP contribution in [0, 0.1) is 3.57 Å². The van der Waals surface area contributed by atoms with Crippen molar-refractivity contribution in [2.75, 3.05) is 13.1 Å². The normalized spacial score (nSPS) is 17.5. The minimum atomic E-state index is 0.130. The summed E-state index contributed by atoms with van der Waals surface area (Å²) in [4.78, 5) is 14.0. The highest BCUT2D eigenvalue weighted by Gasteiger charge is 2.21. The lowest BCUT2D eigenvalue weighted by atomic mass is 10.1. The smallest absolute Gasteiger partial charge is 0.253 e. The first kappa shape index (κ1) is 11.9. The van der Waals surface area contributed by atoms with Crippen molar-refractivity contribution in [3.05, 3.63) is 33.4 Å². The fourth-order valence-electron chi connectivity index (χ4n) is 1.91. The Morgan fingerprint density at radius 1 is 1.38 bits per heavy atom. The molecule has 4 heteroatoms. The number of carbonyl (C=O) groups is 1. The van der Waals surface area contributed by atoms with Gasteiger partial charge in [0.15, 0.2) is 0 Å². The third-order valence-electron chi connectivity index (χ3n) is 2.90. The van der Waals surface area contributed by atoms with Gasteiger partial charge in [0.2, 0.25) is 0 Å². The summed E-state index contributed by atoms with van der Waals surface area (Å²) in [7, 11) is 0.